The van der Waals surface area contributed by atoms with Crippen molar-refractivity contribution in [2.24, 2.45) is 7.05 Å². The molecular weight excluding hydrogens is 240 g/mol. The van der Waals surface area contributed by atoms with E-state index in [0.29, 0.717) is 0 Å². The summed E-state index contributed by atoms with van der Waals surface area (Å²) in [5.41, 5.74) is 2.60. The predicted molar refractivity (Wildman–Crippen MR) is 63.4 cm³/mol. The molecule has 0 fully saturated rings. The Labute approximate surface area is 92.0 Å². The highest BCUT2D eigenvalue weighted by Crippen LogP contribution is 2.28. The maximum Gasteiger partial charge on any atom is 0.0492 e. The third-order valence-corrected chi connectivity index (χ3v) is 3.07. The minimum Gasteiger partial charge on any atom is -0.350 e. The van der Waals surface area contributed by atoms with Gasteiger partial charge in [0.1, 0.15) is 0 Å². The standard InChI is InChI=1S/C11H13BrN2/c1-13-6-8-7-14(2)10-5-3-4-9(12)11(8)10/h3-5,7,13H,6H2,1-2H3. The van der Waals surface area contributed by atoms with Gasteiger partial charge in [-0.3, -0.25) is 0 Å². The van der Waals surface area contributed by atoms with Crippen LogP contribution in [-0.4, -0.2) is 11.6 Å². The van der Waals surface area contributed by atoms with Crippen LogP contribution in [0, 0.1) is 0 Å². The van der Waals surface area contributed by atoms with Crippen molar-refractivity contribution in [3.63, 3.8) is 0 Å². The zero-order valence-electron chi connectivity index (χ0n) is 8.34. The SMILES string of the molecule is CNCc1cn(C)c2cccc(Br)c12. The van der Waals surface area contributed by atoms with E-state index in [1.165, 1.54) is 20.9 Å². The molecule has 2 nitrogen and oxygen atoms in total. The smallest absolute Gasteiger partial charge is 0.0492 e. The topological polar surface area (TPSA) is 17.0 Å². The summed E-state index contributed by atoms with van der Waals surface area (Å²) < 4.78 is 3.33. The second-order valence-electron chi connectivity index (χ2n) is 3.43. The van der Waals surface area contributed by atoms with Crippen LogP contribution in [0.5, 0.6) is 0 Å². The van der Waals surface area contributed by atoms with Gasteiger partial charge in [0.05, 0.1) is 0 Å². The molecule has 0 aliphatic carbocycles. The molecule has 1 N–H and O–H groups in total. The van der Waals surface area contributed by atoms with Gasteiger partial charge in [-0.15, -0.1) is 0 Å². The number of nitrogens with one attached hydrogen (secondary N) is 1. The van der Waals surface area contributed by atoms with E-state index >= 15 is 0 Å². The van der Waals surface area contributed by atoms with Crippen LogP contribution in [-0.2, 0) is 13.6 Å². The van der Waals surface area contributed by atoms with Crippen LogP contribution in [0.4, 0.5) is 0 Å². The van der Waals surface area contributed by atoms with Crippen molar-refractivity contribution >= 4 is 26.8 Å². The molecule has 3 heteroatoms. The fourth-order valence-corrected chi connectivity index (χ4v) is 2.43. The van der Waals surface area contributed by atoms with Crippen molar-refractivity contribution < 1.29 is 0 Å². The molecule has 0 spiro atoms. The third-order valence-electron chi connectivity index (χ3n) is 2.41. The molecule has 0 amide bonds. The van der Waals surface area contributed by atoms with Crippen molar-refractivity contribution in [1.29, 1.82) is 0 Å². The summed E-state index contributed by atoms with van der Waals surface area (Å²) in [4.78, 5) is 0. The zero-order valence-corrected chi connectivity index (χ0v) is 9.93. The maximum absolute atomic E-state index is 3.59. The van der Waals surface area contributed by atoms with Gasteiger partial charge in [-0.1, -0.05) is 22.0 Å². The van der Waals surface area contributed by atoms with Crippen LogP contribution in [0.2, 0.25) is 0 Å². The van der Waals surface area contributed by atoms with Gasteiger partial charge in [0.25, 0.3) is 0 Å². The van der Waals surface area contributed by atoms with Gasteiger partial charge in [0.2, 0.25) is 0 Å². The highest BCUT2D eigenvalue weighted by atomic mass is 79.9. The number of fused-ring (bicyclic) bond motifs is 1. The van der Waals surface area contributed by atoms with Gasteiger partial charge in [-0.25, -0.2) is 0 Å². The lowest BCUT2D eigenvalue weighted by atomic mass is 10.2. The fraction of sp³-hybridized carbons (Fsp3) is 0.273. The van der Waals surface area contributed by atoms with E-state index < -0.39 is 0 Å². The number of halogens is 1. The molecule has 0 bridgehead atoms. The molecule has 1 heterocycles. The Kier molecular flexibility index (Phi) is 2.61. The highest BCUT2D eigenvalue weighted by molar-refractivity contribution is 9.10. The second kappa shape index (κ2) is 3.75. The van der Waals surface area contributed by atoms with E-state index in [4.69, 9.17) is 0 Å². The first-order chi connectivity index (χ1) is 6.74. The van der Waals surface area contributed by atoms with Crippen LogP contribution >= 0.6 is 15.9 Å². The summed E-state index contributed by atoms with van der Waals surface area (Å²) in [5, 5.41) is 4.49. The van der Waals surface area contributed by atoms with Gasteiger partial charge in [0.15, 0.2) is 0 Å². The predicted octanol–water partition coefficient (Wildman–Crippen LogP) is 2.66. The summed E-state index contributed by atoms with van der Waals surface area (Å²) in [7, 11) is 4.05. The summed E-state index contributed by atoms with van der Waals surface area (Å²) >= 11 is 3.59. The molecule has 0 aliphatic rings. The van der Waals surface area contributed by atoms with Crippen molar-refractivity contribution in [2.75, 3.05) is 7.05 Å². The van der Waals surface area contributed by atoms with Gasteiger partial charge in [0, 0.05) is 35.2 Å². The lowest BCUT2D eigenvalue weighted by Crippen LogP contribution is -2.04. The number of aromatic nitrogens is 1. The summed E-state index contributed by atoms with van der Waals surface area (Å²) in [6.45, 7) is 0.903. The second-order valence-corrected chi connectivity index (χ2v) is 4.28. The average molecular weight is 253 g/mol. The highest BCUT2D eigenvalue weighted by Gasteiger charge is 2.07. The van der Waals surface area contributed by atoms with Gasteiger partial charge in [-0.2, -0.15) is 0 Å². The Morgan fingerprint density at radius 3 is 2.93 bits per heavy atom. The molecule has 0 radical (unpaired) electrons. The van der Waals surface area contributed by atoms with E-state index in [2.05, 4.69) is 57.3 Å². The number of hydrogen-bond acceptors (Lipinski definition) is 1. The molecule has 0 aliphatic heterocycles. The summed E-state index contributed by atoms with van der Waals surface area (Å²) in [6.07, 6.45) is 2.17. The number of benzene rings is 1. The van der Waals surface area contributed by atoms with Crippen molar-refractivity contribution in [2.45, 2.75) is 6.54 Å². The normalized spacial score (nSPS) is 11.1. The largest absolute Gasteiger partial charge is 0.350 e. The van der Waals surface area contributed by atoms with Crippen LogP contribution in [0.25, 0.3) is 10.9 Å². The van der Waals surface area contributed by atoms with Gasteiger partial charge >= 0.3 is 0 Å². The molecule has 1 aromatic carbocycles. The van der Waals surface area contributed by atoms with Crippen molar-refractivity contribution in [1.82, 2.24) is 9.88 Å². The van der Waals surface area contributed by atoms with Crippen molar-refractivity contribution in [3.05, 3.63) is 34.4 Å². The molecular formula is C11H13BrN2. The Morgan fingerprint density at radius 1 is 1.43 bits per heavy atom. The maximum atomic E-state index is 3.59. The average Bonchev–Trinajstić information content (AvgIpc) is 2.46. The number of hydrogen-bond donors (Lipinski definition) is 1. The lowest BCUT2D eigenvalue weighted by Gasteiger charge is -1.99. The number of nitrogens with zero attached hydrogens (tertiary/aromatic N) is 1. The monoisotopic (exact) mass is 252 g/mol. The van der Waals surface area contributed by atoms with Gasteiger partial charge in [-0.05, 0) is 24.7 Å². The quantitative estimate of drug-likeness (QED) is 0.870. The number of rotatable bonds is 2. The summed E-state index contributed by atoms with van der Waals surface area (Å²) in [6, 6.07) is 6.29. The summed E-state index contributed by atoms with van der Waals surface area (Å²) in [5.74, 6) is 0. The Bertz CT molecular complexity index is 460. The van der Waals surface area contributed by atoms with E-state index in [9.17, 15) is 0 Å². The molecule has 74 valence electrons. The first kappa shape index (κ1) is 9.74. The fourth-order valence-electron chi connectivity index (χ4n) is 1.82. The van der Waals surface area contributed by atoms with Gasteiger partial charge < -0.3 is 9.88 Å². The van der Waals surface area contributed by atoms with E-state index in [-0.39, 0.29) is 0 Å². The van der Waals surface area contributed by atoms with E-state index in [1.54, 1.807) is 0 Å². The number of aryl methyl sites for hydroxylation is 1. The Morgan fingerprint density at radius 2 is 2.21 bits per heavy atom. The molecule has 0 unspecified atom stereocenters. The van der Waals surface area contributed by atoms with Crippen LogP contribution in [0.3, 0.4) is 0 Å². The molecule has 2 aromatic rings. The zero-order chi connectivity index (χ0) is 10.1. The Balaban J connectivity index is 2.72. The third kappa shape index (κ3) is 1.47. The van der Waals surface area contributed by atoms with Crippen LogP contribution in [0.1, 0.15) is 5.56 Å². The molecule has 1 aromatic heterocycles. The lowest BCUT2D eigenvalue weighted by molar-refractivity contribution is 0.815. The first-order valence-electron chi connectivity index (χ1n) is 4.61. The molecule has 2 rings (SSSR count). The minimum atomic E-state index is 0.903. The van der Waals surface area contributed by atoms with E-state index in [1.807, 2.05) is 7.05 Å². The van der Waals surface area contributed by atoms with Crippen molar-refractivity contribution in [3.8, 4) is 0 Å². The molecule has 0 saturated carbocycles. The molecule has 14 heavy (non-hydrogen) atoms. The molecule has 0 saturated heterocycles. The van der Waals surface area contributed by atoms with Crippen LogP contribution < -0.4 is 5.32 Å². The minimum absolute atomic E-state index is 0.903. The molecule has 0 atom stereocenters. The Hall–Kier alpha value is -0.800. The van der Waals surface area contributed by atoms with E-state index in [0.717, 1.165) is 6.54 Å². The van der Waals surface area contributed by atoms with Crippen LogP contribution in [0.15, 0.2) is 28.9 Å². The first-order valence-corrected chi connectivity index (χ1v) is 5.40.